The van der Waals surface area contributed by atoms with Crippen molar-refractivity contribution in [3.05, 3.63) is 35.4 Å². The van der Waals surface area contributed by atoms with Gasteiger partial charge in [-0.15, -0.1) is 0 Å². The van der Waals surface area contributed by atoms with E-state index in [1.807, 2.05) is 12.1 Å². The van der Waals surface area contributed by atoms with Crippen LogP contribution in [0.5, 0.6) is 0 Å². The van der Waals surface area contributed by atoms with Crippen LogP contribution in [-0.4, -0.2) is 37.4 Å². The van der Waals surface area contributed by atoms with Gasteiger partial charge in [-0.25, -0.2) is 0 Å². The van der Waals surface area contributed by atoms with E-state index in [0.29, 0.717) is 12.3 Å². The Morgan fingerprint density at radius 1 is 1.53 bits per heavy atom. The van der Waals surface area contributed by atoms with Crippen LogP contribution in [-0.2, 0) is 16.0 Å². The molecule has 1 aliphatic rings. The Morgan fingerprint density at radius 3 is 3.11 bits per heavy atom. The molecule has 19 heavy (non-hydrogen) atoms. The molecule has 1 aromatic rings. The molecule has 2 atom stereocenters. The molecule has 2 unspecified atom stereocenters. The molecule has 0 aromatic heterocycles. The fourth-order valence-corrected chi connectivity index (χ4v) is 2.64. The summed E-state index contributed by atoms with van der Waals surface area (Å²) >= 11 is 0. The monoisotopic (exact) mass is 263 g/mol. The zero-order chi connectivity index (χ0) is 13.7. The van der Waals surface area contributed by atoms with Gasteiger partial charge in [0, 0.05) is 20.1 Å². The van der Waals surface area contributed by atoms with E-state index >= 15 is 0 Å². The third kappa shape index (κ3) is 3.78. The SMILES string of the molecule is COCC(O)CNC(=O)CC1CCc2ccccc21. The molecule has 1 aromatic carbocycles. The zero-order valence-corrected chi connectivity index (χ0v) is 11.3. The number of nitrogens with one attached hydrogen (secondary N) is 1. The molecular formula is C15H21NO3. The summed E-state index contributed by atoms with van der Waals surface area (Å²) in [4.78, 5) is 11.9. The summed E-state index contributed by atoms with van der Waals surface area (Å²) in [6.07, 6.45) is 1.95. The molecule has 2 rings (SSSR count). The zero-order valence-electron chi connectivity index (χ0n) is 11.3. The molecule has 0 spiro atoms. The largest absolute Gasteiger partial charge is 0.389 e. The molecule has 4 heteroatoms. The van der Waals surface area contributed by atoms with Crippen LogP contribution in [0.1, 0.15) is 29.9 Å². The number of aliphatic hydroxyl groups excluding tert-OH is 1. The molecule has 104 valence electrons. The van der Waals surface area contributed by atoms with E-state index in [1.54, 1.807) is 0 Å². The molecule has 1 aliphatic carbocycles. The summed E-state index contributed by atoms with van der Waals surface area (Å²) in [5, 5.41) is 12.2. The number of benzene rings is 1. The Morgan fingerprint density at radius 2 is 2.32 bits per heavy atom. The second kappa shape index (κ2) is 6.68. The van der Waals surface area contributed by atoms with Crippen molar-refractivity contribution >= 4 is 5.91 Å². The van der Waals surface area contributed by atoms with Crippen LogP contribution in [0.2, 0.25) is 0 Å². The summed E-state index contributed by atoms with van der Waals surface area (Å²) < 4.78 is 4.81. The van der Waals surface area contributed by atoms with Gasteiger partial charge in [0.1, 0.15) is 0 Å². The first kappa shape index (κ1) is 14.0. The van der Waals surface area contributed by atoms with Crippen molar-refractivity contribution in [3.8, 4) is 0 Å². The fourth-order valence-electron chi connectivity index (χ4n) is 2.64. The number of ether oxygens (including phenoxy) is 1. The summed E-state index contributed by atoms with van der Waals surface area (Å²) in [5.74, 6) is 0.313. The highest BCUT2D eigenvalue weighted by Gasteiger charge is 2.24. The van der Waals surface area contributed by atoms with Crippen molar-refractivity contribution in [2.24, 2.45) is 0 Å². The van der Waals surface area contributed by atoms with Gasteiger partial charge >= 0.3 is 0 Å². The van der Waals surface area contributed by atoms with Gasteiger partial charge in [-0.1, -0.05) is 24.3 Å². The van der Waals surface area contributed by atoms with E-state index in [0.717, 1.165) is 12.8 Å². The number of carbonyl (C=O) groups is 1. The first-order valence-corrected chi connectivity index (χ1v) is 6.72. The number of rotatable bonds is 6. The second-order valence-corrected chi connectivity index (χ2v) is 5.05. The second-order valence-electron chi connectivity index (χ2n) is 5.05. The summed E-state index contributed by atoms with van der Waals surface area (Å²) in [6.45, 7) is 0.494. The van der Waals surface area contributed by atoms with Crippen molar-refractivity contribution < 1.29 is 14.6 Å². The van der Waals surface area contributed by atoms with Crippen molar-refractivity contribution in [2.45, 2.75) is 31.3 Å². The Labute approximate surface area is 113 Å². The number of carbonyl (C=O) groups excluding carboxylic acids is 1. The van der Waals surface area contributed by atoms with Crippen molar-refractivity contribution in [1.82, 2.24) is 5.32 Å². The lowest BCUT2D eigenvalue weighted by Crippen LogP contribution is -2.34. The van der Waals surface area contributed by atoms with Crippen LogP contribution >= 0.6 is 0 Å². The molecule has 0 saturated carbocycles. The van der Waals surface area contributed by atoms with Crippen molar-refractivity contribution in [2.75, 3.05) is 20.3 Å². The number of fused-ring (bicyclic) bond motifs is 1. The van der Waals surface area contributed by atoms with Gasteiger partial charge in [-0.3, -0.25) is 4.79 Å². The number of amides is 1. The van der Waals surface area contributed by atoms with Gasteiger partial charge < -0.3 is 15.2 Å². The van der Waals surface area contributed by atoms with E-state index in [4.69, 9.17) is 4.74 Å². The van der Waals surface area contributed by atoms with Crippen LogP contribution in [0.3, 0.4) is 0 Å². The van der Waals surface area contributed by atoms with Gasteiger partial charge in [0.25, 0.3) is 0 Å². The molecule has 4 nitrogen and oxygen atoms in total. The first-order valence-electron chi connectivity index (χ1n) is 6.72. The van der Waals surface area contributed by atoms with Gasteiger partial charge in [-0.05, 0) is 29.9 Å². The van der Waals surface area contributed by atoms with E-state index in [-0.39, 0.29) is 19.1 Å². The standard InChI is InChI=1S/C15H21NO3/c1-19-10-13(17)9-16-15(18)8-12-7-6-11-4-2-3-5-14(11)12/h2-5,12-13,17H,6-10H2,1H3,(H,16,18). The third-order valence-corrected chi connectivity index (χ3v) is 3.58. The van der Waals surface area contributed by atoms with E-state index in [1.165, 1.54) is 18.2 Å². The maximum absolute atomic E-state index is 11.9. The molecule has 0 aliphatic heterocycles. The number of aliphatic hydroxyl groups is 1. The highest BCUT2D eigenvalue weighted by molar-refractivity contribution is 5.77. The summed E-state index contributed by atoms with van der Waals surface area (Å²) in [7, 11) is 1.53. The average molecular weight is 263 g/mol. The average Bonchev–Trinajstić information content (AvgIpc) is 2.80. The maximum Gasteiger partial charge on any atom is 0.220 e. The van der Waals surface area contributed by atoms with Gasteiger partial charge in [0.2, 0.25) is 5.91 Å². The minimum Gasteiger partial charge on any atom is -0.389 e. The normalized spacial score (nSPS) is 18.9. The van der Waals surface area contributed by atoms with Crippen LogP contribution < -0.4 is 5.32 Å². The highest BCUT2D eigenvalue weighted by Crippen LogP contribution is 2.34. The lowest BCUT2D eigenvalue weighted by atomic mass is 9.97. The molecule has 0 fully saturated rings. The first-order chi connectivity index (χ1) is 9.20. The van der Waals surface area contributed by atoms with Gasteiger partial charge in [0.15, 0.2) is 0 Å². The Kier molecular flexibility index (Phi) is 4.93. The molecule has 0 radical (unpaired) electrons. The van der Waals surface area contributed by atoms with Crippen LogP contribution in [0.25, 0.3) is 0 Å². The lowest BCUT2D eigenvalue weighted by Gasteiger charge is -2.14. The molecule has 0 saturated heterocycles. The minimum absolute atomic E-state index is 0.00291. The summed E-state index contributed by atoms with van der Waals surface area (Å²) in [5.41, 5.74) is 2.66. The Hall–Kier alpha value is -1.39. The predicted molar refractivity (Wildman–Crippen MR) is 73.0 cm³/mol. The minimum atomic E-state index is -0.634. The lowest BCUT2D eigenvalue weighted by molar-refractivity contribution is -0.122. The predicted octanol–water partition coefficient (Wildman–Crippen LogP) is 1.23. The smallest absolute Gasteiger partial charge is 0.220 e. The number of methoxy groups -OCH3 is 1. The third-order valence-electron chi connectivity index (χ3n) is 3.58. The van der Waals surface area contributed by atoms with Gasteiger partial charge in [0.05, 0.1) is 12.7 Å². The fraction of sp³-hybridized carbons (Fsp3) is 0.533. The van der Waals surface area contributed by atoms with Crippen LogP contribution in [0.4, 0.5) is 0 Å². The van der Waals surface area contributed by atoms with E-state index in [9.17, 15) is 9.90 Å². The van der Waals surface area contributed by atoms with Crippen LogP contribution in [0.15, 0.2) is 24.3 Å². The number of aryl methyl sites for hydroxylation is 1. The molecule has 2 N–H and O–H groups in total. The molecule has 0 bridgehead atoms. The molecule has 1 amide bonds. The summed E-state index contributed by atoms with van der Waals surface area (Å²) in [6, 6.07) is 8.31. The Bertz CT molecular complexity index is 433. The van der Waals surface area contributed by atoms with Gasteiger partial charge in [-0.2, -0.15) is 0 Å². The van der Waals surface area contributed by atoms with Crippen molar-refractivity contribution in [3.63, 3.8) is 0 Å². The quantitative estimate of drug-likeness (QED) is 0.811. The van der Waals surface area contributed by atoms with E-state index < -0.39 is 6.10 Å². The maximum atomic E-state index is 11.9. The highest BCUT2D eigenvalue weighted by atomic mass is 16.5. The van der Waals surface area contributed by atoms with Crippen molar-refractivity contribution in [1.29, 1.82) is 0 Å². The van der Waals surface area contributed by atoms with Crippen LogP contribution in [0, 0.1) is 0 Å². The Balaban J connectivity index is 1.81. The van der Waals surface area contributed by atoms with E-state index in [2.05, 4.69) is 17.4 Å². The number of hydrogen-bond donors (Lipinski definition) is 2. The topological polar surface area (TPSA) is 58.6 Å². The molecule has 0 heterocycles. The number of hydrogen-bond acceptors (Lipinski definition) is 3. The molecular weight excluding hydrogens is 242 g/mol.